The van der Waals surface area contributed by atoms with E-state index >= 15 is 0 Å². The summed E-state index contributed by atoms with van der Waals surface area (Å²) in [4.78, 5) is 15.2. The van der Waals surface area contributed by atoms with Crippen LogP contribution in [0.25, 0.3) is 11.1 Å². The Morgan fingerprint density at radius 1 is 1.23 bits per heavy atom. The smallest absolute Gasteiger partial charge is 0.253 e. The lowest BCUT2D eigenvalue weighted by atomic mass is 9.74. The maximum absolute atomic E-state index is 13.2. The summed E-state index contributed by atoms with van der Waals surface area (Å²) in [5.74, 6) is 0.149. The number of H-pyrrole nitrogens is 1. The van der Waals surface area contributed by atoms with E-state index in [1.165, 1.54) is 6.42 Å². The van der Waals surface area contributed by atoms with Crippen molar-refractivity contribution in [2.75, 3.05) is 26.3 Å². The van der Waals surface area contributed by atoms with Crippen LogP contribution in [0.4, 0.5) is 0 Å². The normalized spacial score (nSPS) is 19.7. The number of aromatic nitrogens is 2. The first-order chi connectivity index (χ1) is 12.6. The highest BCUT2D eigenvalue weighted by molar-refractivity contribution is 5.95. The standard InChI is InChI=1S/C21H27N3O2/c1-15-19(16(2)23-22-15)17-5-3-6-18(13-17)20(25)24-10-4-7-21(14-24)8-11-26-12-9-21/h3,5-6,13H,4,7-12,14H2,1-2H3,(H,22,23). The Kier molecular flexibility index (Phi) is 4.57. The summed E-state index contributed by atoms with van der Waals surface area (Å²) < 4.78 is 5.54. The average molecular weight is 353 g/mol. The highest BCUT2D eigenvalue weighted by Crippen LogP contribution is 2.39. The van der Waals surface area contributed by atoms with Crippen LogP contribution in [0.5, 0.6) is 0 Å². The zero-order valence-corrected chi connectivity index (χ0v) is 15.7. The van der Waals surface area contributed by atoms with Crippen molar-refractivity contribution in [1.82, 2.24) is 15.1 Å². The Bertz CT molecular complexity index is 780. The molecule has 2 aromatic rings. The molecule has 5 nitrogen and oxygen atoms in total. The van der Waals surface area contributed by atoms with Crippen molar-refractivity contribution >= 4 is 5.91 Å². The van der Waals surface area contributed by atoms with Gasteiger partial charge in [0.05, 0.1) is 5.69 Å². The van der Waals surface area contributed by atoms with Gasteiger partial charge in [-0.05, 0) is 62.6 Å². The van der Waals surface area contributed by atoms with Crippen molar-refractivity contribution in [3.05, 3.63) is 41.2 Å². The van der Waals surface area contributed by atoms with Crippen LogP contribution in [-0.4, -0.2) is 47.3 Å². The zero-order valence-electron chi connectivity index (χ0n) is 15.7. The highest BCUT2D eigenvalue weighted by Gasteiger charge is 2.38. The van der Waals surface area contributed by atoms with Gasteiger partial charge in [0, 0.05) is 43.1 Å². The van der Waals surface area contributed by atoms with Crippen LogP contribution in [0.2, 0.25) is 0 Å². The summed E-state index contributed by atoms with van der Waals surface area (Å²) in [6.45, 7) is 7.39. The van der Waals surface area contributed by atoms with Crippen LogP contribution in [0, 0.1) is 19.3 Å². The molecule has 5 heteroatoms. The quantitative estimate of drug-likeness (QED) is 0.895. The largest absolute Gasteiger partial charge is 0.381 e. The van der Waals surface area contributed by atoms with Crippen LogP contribution in [0.1, 0.15) is 47.4 Å². The van der Waals surface area contributed by atoms with Crippen molar-refractivity contribution < 1.29 is 9.53 Å². The number of aryl methyl sites for hydroxylation is 2. The van der Waals surface area contributed by atoms with E-state index in [-0.39, 0.29) is 11.3 Å². The van der Waals surface area contributed by atoms with Crippen molar-refractivity contribution in [1.29, 1.82) is 0 Å². The Hall–Kier alpha value is -2.14. The van der Waals surface area contributed by atoms with Gasteiger partial charge in [-0.2, -0.15) is 5.10 Å². The predicted octanol–water partition coefficient (Wildman–Crippen LogP) is 3.73. The molecule has 1 spiro atoms. The first-order valence-corrected chi connectivity index (χ1v) is 9.57. The number of hydrogen-bond donors (Lipinski definition) is 1. The van der Waals surface area contributed by atoms with Gasteiger partial charge < -0.3 is 9.64 Å². The minimum atomic E-state index is 0.149. The molecule has 1 amide bonds. The molecule has 2 aliphatic rings. The zero-order chi connectivity index (χ0) is 18.1. The lowest BCUT2D eigenvalue weighted by Crippen LogP contribution is -2.48. The van der Waals surface area contributed by atoms with E-state index in [2.05, 4.69) is 21.2 Å². The number of ether oxygens (including phenoxy) is 1. The van der Waals surface area contributed by atoms with Gasteiger partial charge in [0.15, 0.2) is 0 Å². The van der Waals surface area contributed by atoms with Gasteiger partial charge in [-0.15, -0.1) is 0 Å². The molecular weight excluding hydrogens is 326 g/mol. The van der Waals surface area contributed by atoms with E-state index in [0.29, 0.717) is 0 Å². The van der Waals surface area contributed by atoms with Gasteiger partial charge in [0.25, 0.3) is 5.91 Å². The van der Waals surface area contributed by atoms with Crippen molar-refractivity contribution in [2.24, 2.45) is 5.41 Å². The molecule has 4 rings (SSSR count). The van der Waals surface area contributed by atoms with Crippen LogP contribution in [0.15, 0.2) is 24.3 Å². The van der Waals surface area contributed by atoms with Gasteiger partial charge in [-0.25, -0.2) is 0 Å². The van der Waals surface area contributed by atoms with Crippen LogP contribution >= 0.6 is 0 Å². The van der Waals surface area contributed by atoms with E-state index < -0.39 is 0 Å². The molecule has 1 aromatic heterocycles. The molecule has 138 valence electrons. The molecule has 1 N–H and O–H groups in total. The molecule has 2 saturated heterocycles. The average Bonchev–Trinajstić information content (AvgIpc) is 3.00. The van der Waals surface area contributed by atoms with Crippen molar-refractivity contribution in [3.63, 3.8) is 0 Å². The predicted molar refractivity (Wildman–Crippen MR) is 101 cm³/mol. The van der Waals surface area contributed by atoms with Crippen molar-refractivity contribution in [3.8, 4) is 11.1 Å². The van der Waals surface area contributed by atoms with Crippen LogP contribution in [0.3, 0.4) is 0 Å². The molecule has 0 atom stereocenters. The van der Waals surface area contributed by atoms with E-state index in [0.717, 1.165) is 73.6 Å². The number of hydrogen-bond acceptors (Lipinski definition) is 3. The Balaban J connectivity index is 1.57. The summed E-state index contributed by atoms with van der Waals surface area (Å²) >= 11 is 0. The molecule has 0 saturated carbocycles. The van der Waals surface area contributed by atoms with Gasteiger partial charge >= 0.3 is 0 Å². The number of rotatable bonds is 2. The second-order valence-electron chi connectivity index (χ2n) is 7.83. The number of amides is 1. The number of likely N-dealkylation sites (tertiary alicyclic amines) is 1. The third-order valence-electron chi connectivity index (χ3n) is 6.03. The topological polar surface area (TPSA) is 58.2 Å². The Labute approximate surface area is 154 Å². The third-order valence-corrected chi connectivity index (χ3v) is 6.03. The molecule has 0 radical (unpaired) electrons. The summed E-state index contributed by atoms with van der Waals surface area (Å²) in [6.07, 6.45) is 4.45. The maximum Gasteiger partial charge on any atom is 0.253 e. The minimum Gasteiger partial charge on any atom is -0.381 e. The first kappa shape index (κ1) is 17.3. The lowest BCUT2D eigenvalue weighted by molar-refractivity contribution is -0.0229. The number of carbonyl (C=O) groups is 1. The summed E-state index contributed by atoms with van der Waals surface area (Å²) in [6, 6.07) is 7.97. The fraction of sp³-hybridized carbons (Fsp3) is 0.524. The van der Waals surface area contributed by atoms with Crippen LogP contribution in [-0.2, 0) is 4.74 Å². The highest BCUT2D eigenvalue weighted by atomic mass is 16.5. The second-order valence-corrected chi connectivity index (χ2v) is 7.83. The van der Waals surface area contributed by atoms with Gasteiger partial charge in [0.1, 0.15) is 0 Å². The number of carbonyl (C=O) groups excluding carboxylic acids is 1. The number of piperidine rings is 1. The monoisotopic (exact) mass is 353 g/mol. The Morgan fingerprint density at radius 2 is 2.04 bits per heavy atom. The Morgan fingerprint density at radius 3 is 2.77 bits per heavy atom. The van der Waals surface area contributed by atoms with Gasteiger partial charge in [0.2, 0.25) is 0 Å². The van der Waals surface area contributed by atoms with Crippen LogP contribution < -0.4 is 0 Å². The molecule has 2 aliphatic heterocycles. The SMILES string of the molecule is Cc1n[nH]c(C)c1-c1cccc(C(=O)N2CCCC3(CCOCC3)C2)c1. The third kappa shape index (κ3) is 3.16. The van der Waals surface area contributed by atoms with E-state index in [1.807, 2.05) is 32.0 Å². The number of nitrogens with one attached hydrogen (secondary N) is 1. The van der Waals surface area contributed by atoms with E-state index in [1.54, 1.807) is 0 Å². The molecule has 1 aromatic carbocycles. The molecule has 3 heterocycles. The van der Waals surface area contributed by atoms with Crippen molar-refractivity contribution in [2.45, 2.75) is 39.5 Å². The number of benzene rings is 1. The minimum absolute atomic E-state index is 0.149. The molecule has 0 aliphatic carbocycles. The molecular formula is C21H27N3O2. The molecule has 2 fully saturated rings. The fourth-order valence-electron chi connectivity index (χ4n) is 4.56. The number of aromatic amines is 1. The lowest BCUT2D eigenvalue weighted by Gasteiger charge is -2.45. The summed E-state index contributed by atoms with van der Waals surface area (Å²) in [5.41, 5.74) is 5.18. The summed E-state index contributed by atoms with van der Waals surface area (Å²) in [7, 11) is 0. The van der Waals surface area contributed by atoms with E-state index in [4.69, 9.17) is 4.74 Å². The fourth-order valence-corrected chi connectivity index (χ4v) is 4.56. The molecule has 0 unspecified atom stereocenters. The van der Waals surface area contributed by atoms with Gasteiger partial charge in [-0.3, -0.25) is 9.89 Å². The second kappa shape index (κ2) is 6.88. The summed E-state index contributed by atoms with van der Waals surface area (Å²) in [5, 5.41) is 7.31. The first-order valence-electron chi connectivity index (χ1n) is 9.57. The molecule has 26 heavy (non-hydrogen) atoms. The number of nitrogens with zero attached hydrogens (tertiary/aromatic N) is 2. The maximum atomic E-state index is 13.2. The molecule has 0 bridgehead atoms. The van der Waals surface area contributed by atoms with Gasteiger partial charge in [-0.1, -0.05) is 12.1 Å². The van der Waals surface area contributed by atoms with E-state index in [9.17, 15) is 4.79 Å².